The molecule has 1 aromatic carbocycles. The second-order valence-electron chi connectivity index (χ2n) is 6.84. The van der Waals surface area contributed by atoms with Gasteiger partial charge in [0.25, 0.3) is 0 Å². The molecule has 0 bridgehead atoms. The van der Waals surface area contributed by atoms with Gasteiger partial charge in [0, 0.05) is 0 Å². The van der Waals surface area contributed by atoms with Crippen LogP contribution in [0.3, 0.4) is 0 Å². The average molecular weight is 312 g/mol. The van der Waals surface area contributed by atoms with Crippen molar-refractivity contribution in [2.75, 3.05) is 6.61 Å². The second-order valence-corrected chi connectivity index (χ2v) is 6.84. The molecule has 0 spiro atoms. The van der Waals surface area contributed by atoms with Crippen molar-refractivity contribution in [3.05, 3.63) is 42.5 Å². The molecule has 0 saturated heterocycles. The Bertz CT molecular complexity index is 574. The zero-order valence-corrected chi connectivity index (χ0v) is 14.9. The predicted molar refractivity (Wildman–Crippen MR) is 101 cm³/mol. The van der Waals surface area contributed by atoms with Crippen LogP contribution in [0.4, 0.5) is 0 Å². The van der Waals surface area contributed by atoms with Crippen LogP contribution in [0.15, 0.2) is 36.9 Å². The summed E-state index contributed by atoms with van der Waals surface area (Å²) in [5, 5.41) is 1.03. The van der Waals surface area contributed by atoms with E-state index in [0.29, 0.717) is 13.0 Å². The molecule has 122 valence electrons. The summed E-state index contributed by atoms with van der Waals surface area (Å²) in [5.74, 6) is 0.688. The van der Waals surface area contributed by atoms with Gasteiger partial charge in [0.2, 0.25) is 0 Å². The van der Waals surface area contributed by atoms with E-state index >= 15 is 0 Å². The van der Waals surface area contributed by atoms with E-state index in [1.807, 2.05) is 46.0 Å². The fourth-order valence-corrected chi connectivity index (χ4v) is 2.05. The number of ether oxygens (including phenoxy) is 2. The molecular formula is C18H26B2O3. The number of benzene rings is 1. The van der Waals surface area contributed by atoms with Crippen molar-refractivity contribution in [1.82, 2.24) is 0 Å². The summed E-state index contributed by atoms with van der Waals surface area (Å²) in [7, 11) is 5.90. The van der Waals surface area contributed by atoms with Gasteiger partial charge in [-0.15, -0.1) is 0 Å². The van der Waals surface area contributed by atoms with Crippen LogP contribution in [0.25, 0.3) is 0 Å². The quantitative estimate of drug-likeness (QED) is 0.515. The Labute approximate surface area is 141 Å². The zero-order valence-electron chi connectivity index (χ0n) is 14.9. The van der Waals surface area contributed by atoms with E-state index in [1.165, 1.54) is 6.08 Å². The van der Waals surface area contributed by atoms with E-state index in [0.717, 1.165) is 16.7 Å². The molecule has 0 atom stereocenters. The molecule has 0 unspecified atom stereocenters. The molecule has 1 rings (SSSR count). The van der Waals surface area contributed by atoms with Crippen LogP contribution >= 0.6 is 0 Å². The number of hydrogen-bond acceptors (Lipinski definition) is 3. The Morgan fingerprint density at radius 3 is 2.30 bits per heavy atom. The molecule has 0 N–H and O–H groups in total. The minimum atomic E-state index is -0.846. The number of rotatable bonds is 9. The van der Waals surface area contributed by atoms with E-state index in [9.17, 15) is 4.79 Å². The van der Waals surface area contributed by atoms with Gasteiger partial charge in [-0.1, -0.05) is 6.58 Å². The summed E-state index contributed by atoms with van der Waals surface area (Å²) in [6, 6.07) is 7.88. The fourth-order valence-electron chi connectivity index (χ4n) is 2.05. The molecule has 0 aliphatic rings. The molecule has 0 fully saturated rings. The third-order valence-corrected chi connectivity index (χ3v) is 3.69. The first-order valence-electron chi connectivity index (χ1n) is 7.83. The van der Waals surface area contributed by atoms with Gasteiger partial charge in [0.05, 0.1) is 0 Å². The Morgan fingerprint density at radius 2 is 1.83 bits per heavy atom. The molecule has 0 amide bonds. The molecule has 0 heterocycles. The van der Waals surface area contributed by atoms with Crippen LogP contribution < -0.4 is 4.74 Å². The van der Waals surface area contributed by atoms with Gasteiger partial charge < -0.3 is 0 Å². The molecule has 0 aliphatic carbocycles. The van der Waals surface area contributed by atoms with E-state index < -0.39 is 11.2 Å². The first-order valence-corrected chi connectivity index (χ1v) is 7.83. The van der Waals surface area contributed by atoms with Gasteiger partial charge >= 0.3 is 123 Å². The summed E-state index contributed by atoms with van der Waals surface area (Å²) in [4.78, 5) is 11.7. The van der Waals surface area contributed by atoms with E-state index in [1.54, 1.807) is 13.8 Å². The fraction of sp³-hybridized carbons (Fsp3) is 0.444. The standard InChI is InChI=1S/C18H26B2O3/c1-6-15(21)18(4,5)22-12-11-17(2,3)23-14-9-7-13(8-10-14)16(19)20/h6-10,19H,1,11-12,20H2,2-5H3. The summed E-state index contributed by atoms with van der Waals surface area (Å²) >= 11 is 0. The third kappa shape index (κ3) is 6.19. The van der Waals surface area contributed by atoms with Crippen molar-refractivity contribution in [2.45, 2.75) is 45.3 Å². The molecule has 5 heteroatoms. The maximum absolute atomic E-state index is 11.7. The predicted octanol–water partition coefficient (Wildman–Crippen LogP) is 1.80. The van der Waals surface area contributed by atoms with Gasteiger partial charge in [-0.3, -0.25) is 4.79 Å². The van der Waals surface area contributed by atoms with Crippen molar-refractivity contribution in [3.63, 3.8) is 0 Å². The van der Waals surface area contributed by atoms with Crippen molar-refractivity contribution < 1.29 is 14.3 Å². The van der Waals surface area contributed by atoms with Crippen LogP contribution in [0.1, 0.15) is 39.7 Å². The topological polar surface area (TPSA) is 35.5 Å². The number of ketones is 1. The van der Waals surface area contributed by atoms with Crippen molar-refractivity contribution in [3.8, 4) is 5.75 Å². The van der Waals surface area contributed by atoms with Crippen molar-refractivity contribution >= 4 is 26.5 Å². The molecule has 0 saturated carbocycles. The molecule has 0 aliphatic heterocycles. The normalized spacial score (nSPS) is 11.8. The van der Waals surface area contributed by atoms with Gasteiger partial charge in [-0.25, -0.2) is 0 Å². The Hall–Kier alpha value is -1.61. The average Bonchev–Trinajstić information content (AvgIpc) is 2.45. The zero-order chi connectivity index (χ0) is 17.7. The third-order valence-electron chi connectivity index (χ3n) is 3.69. The maximum atomic E-state index is 11.7. The van der Waals surface area contributed by atoms with Gasteiger partial charge in [0.15, 0.2) is 0 Å². The molecule has 1 aromatic rings. The summed E-state index contributed by atoms with van der Waals surface area (Å²) < 4.78 is 11.7. The van der Waals surface area contributed by atoms with E-state index in [2.05, 4.69) is 14.1 Å². The second kappa shape index (κ2) is 7.78. The molecule has 0 aromatic heterocycles. The number of hydrogen-bond donors (Lipinski definition) is 0. The Balaban J connectivity index is 2.57. The van der Waals surface area contributed by atoms with E-state index in [4.69, 9.17) is 9.47 Å². The Kier molecular flexibility index (Phi) is 6.57. The van der Waals surface area contributed by atoms with Crippen molar-refractivity contribution in [2.24, 2.45) is 0 Å². The summed E-state index contributed by atoms with van der Waals surface area (Å²) in [6.07, 6.45) is 1.97. The van der Waals surface area contributed by atoms with Crippen LogP contribution in [0, 0.1) is 0 Å². The van der Waals surface area contributed by atoms with Gasteiger partial charge in [-0.2, -0.15) is 0 Å². The number of carbonyl (C=O) groups is 1. The summed E-state index contributed by atoms with van der Waals surface area (Å²) in [5.41, 5.74) is -0.137. The van der Waals surface area contributed by atoms with Crippen LogP contribution in [-0.2, 0) is 9.53 Å². The minimum absolute atomic E-state index is 0.119. The summed E-state index contributed by atoms with van der Waals surface area (Å²) in [6.45, 7) is 11.4. The molecule has 23 heavy (non-hydrogen) atoms. The monoisotopic (exact) mass is 312 g/mol. The molecular weight excluding hydrogens is 286 g/mol. The first kappa shape index (κ1) is 19.4. The first-order chi connectivity index (χ1) is 10.6. The number of carbonyl (C=O) groups excluding carboxylic acids is 1. The van der Waals surface area contributed by atoms with E-state index in [-0.39, 0.29) is 5.78 Å². The molecule has 0 radical (unpaired) electrons. The van der Waals surface area contributed by atoms with Gasteiger partial charge in [0.1, 0.15) is 0 Å². The van der Waals surface area contributed by atoms with Crippen LogP contribution in [0.5, 0.6) is 5.75 Å². The molecule has 3 nitrogen and oxygen atoms in total. The van der Waals surface area contributed by atoms with Crippen LogP contribution in [0.2, 0.25) is 0 Å². The van der Waals surface area contributed by atoms with Crippen LogP contribution in [-0.4, -0.2) is 44.3 Å². The van der Waals surface area contributed by atoms with Crippen molar-refractivity contribution in [1.29, 1.82) is 0 Å². The van der Waals surface area contributed by atoms with Gasteiger partial charge in [-0.05, 0) is 6.08 Å². The Morgan fingerprint density at radius 1 is 1.26 bits per heavy atom. The SMILES string of the molecule is B=C(B)c1ccc(OC(C)(C)CCOC(C)(C)C(=O)C=C)cc1.